The van der Waals surface area contributed by atoms with E-state index in [9.17, 15) is 4.79 Å². The second kappa shape index (κ2) is 9.52. The van der Waals surface area contributed by atoms with Crippen LogP contribution in [0.25, 0.3) is 10.9 Å². The topological polar surface area (TPSA) is 69.7 Å². The van der Waals surface area contributed by atoms with E-state index < -0.39 is 0 Å². The molecule has 29 heavy (non-hydrogen) atoms. The van der Waals surface area contributed by atoms with Gasteiger partial charge in [-0.3, -0.25) is 9.78 Å². The number of fused-ring (bicyclic) bond motifs is 2. The van der Waals surface area contributed by atoms with Crippen LogP contribution in [0.5, 0.6) is 17.2 Å². The predicted molar refractivity (Wildman–Crippen MR) is 113 cm³/mol. The van der Waals surface area contributed by atoms with Gasteiger partial charge < -0.3 is 19.5 Å². The zero-order valence-electron chi connectivity index (χ0n) is 15.9. The molecule has 0 fully saturated rings. The van der Waals surface area contributed by atoms with Crippen molar-refractivity contribution in [1.29, 1.82) is 0 Å². The first-order valence-corrected chi connectivity index (χ1v) is 10.5. The van der Waals surface area contributed by atoms with Gasteiger partial charge in [0.1, 0.15) is 24.5 Å². The van der Waals surface area contributed by atoms with E-state index in [1.54, 1.807) is 6.20 Å². The molecule has 1 aromatic heterocycles. The number of carbonyl (C=O) groups excluding carboxylic acids is 1. The standard InChI is InChI=1S/C22H22N2O4S/c25-21(15-29-17-7-8-18-20(14-17)28-13-12-27-18)23-10-3-11-26-19-6-1-4-16-5-2-9-24-22(16)19/h1-2,4-9,14H,3,10-13,15H2,(H,23,25). The van der Waals surface area contributed by atoms with Gasteiger partial charge in [-0.25, -0.2) is 0 Å². The van der Waals surface area contributed by atoms with Crippen molar-refractivity contribution < 1.29 is 19.0 Å². The average molecular weight is 410 g/mol. The van der Waals surface area contributed by atoms with Crippen molar-refractivity contribution in [2.75, 3.05) is 32.1 Å². The lowest BCUT2D eigenvalue weighted by molar-refractivity contribution is -0.118. The molecule has 7 heteroatoms. The van der Waals surface area contributed by atoms with Crippen molar-refractivity contribution in [3.05, 3.63) is 54.7 Å². The van der Waals surface area contributed by atoms with Gasteiger partial charge in [0.25, 0.3) is 0 Å². The van der Waals surface area contributed by atoms with Crippen molar-refractivity contribution in [2.45, 2.75) is 11.3 Å². The number of carbonyl (C=O) groups is 1. The lowest BCUT2D eigenvalue weighted by Crippen LogP contribution is -2.27. The molecule has 2 heterocycles. The molecule has 4 rings (SSSR count). The quantitative estimate of drug-likeness (QED) is 0.451. The van der Waals surface area contributed by atoms with E-state index in [0.717, 1.165) is 39.5 Å². The normalized spacial score (nSPS) is 12.6. The summed E-state index contributed by atoms with van der Waals surface area (Å²) in [6, 6.07) is 15.5. The number of rotatable bonds is 8. The van der Waals surface area contributed by atoms with Crippen LogP contribution in [0.3, 0.4) is 0 Å². The minimum absolute atomic E-state index is 0.00304. The fourth-order valence-corrected chi connectivity index (χ4v) is 3.74. The number of ether oxygens (including phenoxy) is 3. The van der Waals surface area contributed by atoms with Crippen LogP contribution >= 0.6 is 11.8 Å². The summed E-state index contributed by atoms with van der Waals surface area (Å²) in [7, 11) is 0. The van der Waals surface area contributed by atoms with Gasteiger partial charge in [-0.1, -0.05) is 18.2 Å². The molecule has 0 bridgehead atoms. The van der Waals surface area contributed by atoms with E-state index in [1.807, 2.05) is 48.5 Å². The number of para-hydroxylation sites is 1. The zero-order valence-corrected chi connectivity index (χ0v) is 16.7. The van der Waals surface area contributed by atoms with Crippen LogP contribution in [0.1, 0.15) is 6.42 Å². The van der Waals surface area contributed by atoms with E-state index in [4.69, 9.17) is 14.2 Å². The third-order valence-corrected chi connectivity index (χ3v) is 5.37. The van der Waals surface area contributed by atoms with Gasteiger partial charge in [0.05, 0.1) is 12.4 Å². The Morgan fingerprint density at radius 2 is 1.97 bits per heavy atom. The van der Waals surface area contributed by atoms with Gasteiger partial charge in [0.2, 0.25) is 5.91 Å². The zero-order chi connectivity index (χ0) is 19.9. The van der Waals surface area contributed by atoms with Gasteiger partial charge in [-0.15, -0.1) is 11.8 Å². The number of hydrogen-bond acceptors (Lipinski definition) is 6. The van der Waals surface area contributed by atoms with Crippen LogP contribution in [-0.4, -0.2) is 43.0 Å². The Kier molecular flexibility index (Phi) is 6.36. The van der Waals surface area contributed by atoms with Crippen LogP contribution in [-0.2, 0) is 4.79 Å². The number of thioether (sulfide) groups is 1. The van der Waals surface area contributed by atoms with Crippen LogP contribution in [0.15, 0.2) is 59.6 Å². The summed E-state index contributed by atoms with van der Waals surface area (Å²) in [5.41, 5.74) is 0.856. The predicted octanol–water partition coefficient (Wildman–Crippen LogP) is 3.68. The molecule has 0 unspecified atom stereocenters. The SMILES string of the molecule is O=C(CSc1ccc2c(c1)OCCO2)NCCCOc1cccc2cccnc12. The Balaban J connectivity index is 1.17. The molecule has 0 saturated heterocycles. The number of hydrogen-bond donors (Lipinski definition) is 1. The maximum absolute atomic E-state index is 12.1. The average Bonchev–Trinajstić information content (AvgIpc) is 2.77. The molecular weight excluding hydrogens is 388 g/mol. The number of amides is 1. The lowest BCUT2D eigenvalue weighted by Gasteiger charge is -2.18. The fraction of sp³-hybridized carbons (Fsp3) is 0.273. The van der Waals surface area contributed by atoms with Gasteiger partial charge >= 0.3 is 0 Å². The summed E-state index contributed by atoms with van der Waals surface area (Å²) >= 11 is 1.48. The third-order valence-electron chi connectivity index (χ3n) is 4.38. The van der Waals surface area contributed by atoms with Gasteiger partial charge in [0, 0.05) is 23.0 Å². The van der Waals surface area contributed by atoms with E-state index in [2.05, 4.69) is 10.3 Å². The Morgan fingerprint density at radius 1 is 1.10 bits per heavy atom. The van der Waals surface area contributed by atoms with Crippen LogP contribution in [0, 0.1) is 0 Å². The Bertz CT molecular complexity index is 990. The fourth-order valence-electron chi connectivity index (χ4n) is 2.99. The molecule has 1 aliphatic heterocycles. The van der Waals surface area contributed by atoms with Crippen molar-refractivity contribution in [3.8, 4) is 17.2 Å². The minimum Gasteiger partial charge on any atom is -0.491 e. The lowest BCUT2D eigenvalue weighted by atomic mass is 10.2. The molecule has 0 aliphatic carbocycles. The maximum atomic E-state index is 12.1. The molecule has 2 aromatic carbocycles. The highest BCUT2D eigenvalue weighted by atomic mass is 32.2. The van der Waals surface area contributed by atoms with Crippen LogP contribution < -0.4 is 19.5 Å². The number of pyridine rings is 1. The highest BCUT2D eigenvalue weighted by Gasteiger charge is 2.12. The molecule has 0 saturated carbocycles. The van der Waals surface area contributed by atoms with Crippen molar-refractivity contribution in [2.24, 2.45) is 0 Å². The highest BCUT2D eigenvalue weighted by molar-refractivity contribution is 8.00. The third kappa shape index (κ3) is 5.12. The molecular formula is C22H22N2O4S. The highest BCUT2D eigenvalue weighted by Crippen LogP contribution is 2.34. The summed E-state index contributed by atoms with van der Waals surface area (Å²) in [5.74, 6) is 2.61. The monoisotopic (exact) mass is 410 g/mol. The Labute approximate surface area is 173 Å². The first-order valence-electron chi connectivity index (χ1n) is 9.55. The molecule has 1 amide bonds. The molecule has 6 nitrogen and oxygen atoms in total. The van der Waals surface area contributed by atoms with Gasteiger partial charge in [0.15, 0.2) is 11.5 Å². The molecule has 1 aliphatic rings. The molecule has 0 spiro atoms. The van der Waals surface area contributed by atoms with Gasteiger partial charge in [-0.2, -0.15) is 0 Å². The van der Waals surface area contributed by atoms with Crippen LogP contribution in [0.4, 0.5) is 0 Å². The number of benzene rings is 2. The van der Waals surface area contributed by atoms with Crippen molar-refractivity contribution in [1.82, 2.24) is 10.3 Å². The molecule has 0 radical (unpaired) electrons. The summed E-state index contributed by atoms with van der Waals surface area (Å²) < 4.78 is 16.9. The van der Waals surface area contributed by atoms with Crippen molar-refractivity contribution in [3.63, 3.8) is 0 Å². The largest absolute Gasteiger partial charge is 0.491 e. The molecule has 1 N–H and O–H groups in total. The van der Waals surface area contributed by atoms with E-state index in [0.29, 0.717) is 32.1 Å². The van der Waals surface area contributed by atoms with E-state index in [1.165, 1.54) is 11.8 Å². The first-order chi connectivity index (χ1) is 14.3. The number of nitrogens with zero attached hydrogens (tertiary/aromatic N) is 1. The number of aromatic nitrogens is 1. The summed E-state index contributed by atoms with van der Waals surface area (Å²) in [6.45, 7) is 2.21. The summed E-state index contributed by atoms with van der Waals surface area (Å²) in [4.78, 5) is 17.4. The molecule has 150 valence electrons. The molecule has 0 atom stereocenters. The van der Waals surface area contributed by atoms with Crippen molar-refractivity contribution >= 4 is 28.6 Å². The second-order valence-electron chi connectivity index (χ2n) is 6.48. The van der Waals surface area contributed by atoms with E-state index in [-0.39, 0.29) is 5.91 Å². The Morgan fingerprint density at radius 3 is 2.90 bits per heavy atom. The summed E-state index contributed by atoms with van der Waals surface area (Å²) in [6.07, 6.45) is 2.48. The molecule has 3 aromatic rings. The number of nitrogens with one attached hydrogen (secondary N) is 1. The minimum atomic E-state index is -0.00304. The maximum Gasteiger partial charge on any atom is 0.230 e. The second-order valence-corrected chi connectivity index (χ2v) is 7.53. The van der Waals surface area contributed by atoms with Gasteiger partial charge in [-0.05, 0) is 36.8 Å². The summed E-state index contributed by atoms with van der Waals surface area (Å²) in [5, 5.41) is 3.98. The first kappa shape index (κ1) is 19.4. The Hall–Kier alpha value is -2.93. The smallest absolute Gasteiger partial charge is 0.230 e. The van der Waals surface area contributed by atoms with E-state index >= 15 is 0 Å². The van der Waals surface area contributed by atoms with Crippen LogP contribution in [0.2, 0.25) is 0 Å².